The van der Waals surface area contributed by atoms with E-state index in [0.29, 0.717) is 16.3 Å². The number of halogens is 1. The van der Waals surface area contributed by atoms with E-state index in [1.54, 1.807) is 18.2 Å². The van der Waals surface area contributed by atoms with Crippen LogP contribution < -0.4 is 4.74 Å². The summed E-state index contributed by atoms with van der Waals surface area (Å²) in [7, 11) is 0. The predicted molar refractivity (Wildman–Crippen MR) is 86.8 cm³/mol. The van der Waals surface area contributed by atoms with Crippen LogP contribution in [-0.4, -0.2) is 6.29 Å². The van der Waals surface area contributed by atoms with Gasteiger partial charge in [-0.2, -0.15) is 0 Å². The zero-order valence-corrected chi connectivity index (χ0v) is 13.5. The highest BCUT2D eigenvalue weighted by Crippen LogP contribution is 2.31. The number of rotatable bonds is 3. The molecule has 0 aliphatic rings. The first-order valence-electron chi connectivity index (χ1n) is 6.85. The minimum absolute atomic E-state index is 0.109. The van der Waals surface area contributed by atoms with Crippen molar-refractivity contribution in [1.82, 2.24) is 0 Å². The van der Waals surface area contributed by atoms with Crippen molar-refractivity contribution in [3.8, 4) is 11.5 Å². The van der Waals surface area contributed by atoms with E-state index < -0.39 is 0 Å². The van der Waals surface area contributed by atoms with Crippen molar-refractivity contribution in [1.29, 1.82) is 0 Å². The third kappa shape index (κ3) is 3.64. The topological polar surface area (TPSA) is 26.3 Å². The van der Waals surface area contributed by atoms with Gasteiger partial charge in [0.2, 0.25) is 0 Å². The third-order valence-corrected chi connectivity index (χ3v) is 3.69. The quantitative estimate of drug-likeness (QED) is 0.695. The fourth-order valence-corrected chi connectivity index (χ4v) is 2.24. The highest BCUT2D eigenvalue weighted by molar-refractivity contribution is 6.33. The Kier molecular flexibility index (Phi) is 4.38. The highest BCUT2D eigenvalue weighted by atomic mass is 35.5. The SMILES string of the molecule is Cc1cc(C(C)(C)C)ccc1Oc1ccc(C=O)c(Cl)c1. The van der Waals surface area contributed by atoms with Crippen LogP contribution >= 0.6 is 11.6 Å². The van der Waals surface area contributed by atoms with Gasteiger partial charge in [-0.1, -0.05) is 44.5 Å². The first-order valence-corrected chi connectivity index (χ1v) is 7.23. The maximum atomic E-state index is 10.8. The molecule has 0 saturated carbocycles. The normalized spacial score (nSPS) is 11.3. The van der Waals surface area contributed by atoms with E-state index in [1.165, 1.54) is 5.56 Å². The second kappa shape index (κ2) is 5.90. The Balaban J connectivity index is 2.28. The number of hydrogen-bond acceptors (Lipinski definition) is 2. The molecule has 0 unspecified atom stereocenters. The van der Waals surface area contributed by atoms with Gasteiger partial charge >= 0.3 is 0 Å². The number of carbonyl (C=O) groups excluding carboxylic acids is 1. The van der Waals surface area contributed by atoms with E-state index in [1.807, 2.05) is 13.0 Å². The van der Waals surface area contributed by atoms with E-state index in [2.05, 4.69) is 32.9 Å². The second-order valence-corrected chi connectivity index (χ2v) is 6.54. The average molecular weight is 303 g/mol. The first-order chi connectivity index (χ1) is 9.81. The van der Waals surface area contributed by atoms with Gasteiger partial charge < -0.3 is 4.74 Å². The molecule has 0 radical (unpaired) electrons. The van der Waals surface area contributed by atoms with Gasteiger partial charge in [-0.15, -0.1) is 0 Å². The summed E-state index contributed by atoms with van der Waals surface area (Å²) in [6.07, 6.45) is 0.732. The summed E-state index contributed by atoms with van der Waals surface area (Å²) in [4.78, 5) is 10.8. The van der Waals surface area contributed by atoms with Crippen LogP contribution in [0.2, 0.25) is 5.02 Å². The molecule has 0 aliphatic heterocycles. The van der Waals surface area contributed by atoms with E-state index in [-0.39, 0.29) is 5.41 Å². The maximum absolute atomic E-state index is 10.8. The summed E-state index contributed by atoms with van der Waals surface area (Å²) < 4.78 is 5.86. The number of aryl methyl sites for hydroxylation is 1. The Morgan fingerprint density at radius 3 is 2.33 bits per heavy atom. The molecule has 0 heterocycles. The van der Waals surface area contributed by atoms with Crippen molar-refractivity contribution in [2.24, 2.45) is 0 Å². The average Bonchev–Trinajstić information content (AvgIpc) is 2.40. The highest BCUT2D eigenvalue weighted by Gasteiger charge is 2.15. The molecule has 2 nitrogen and oxygen atoms in total. The summed E-state index contributed by atoms with van der Waals surface area (Å²) in [5, 5.41) is 0.395. The fourth-order valence-electron chi connectivity index (χ4n) is 2.02. The number of carbonyl (C=O) groups is 1. The molecule has 2 rings (SSSR count). The number of ether oxygens (including phenoxy) is 1. The third-order valence-electron chi connectivity index (χ3n) is 3.37. The minimum Gasteiger partial charge on any atom is -0.457 e. The number of benzene rings is 2. The molecular weight excluding hydrogens is 284 g/mol. The molecule has 0 amide bonds. The molecule has 0 atom stereocenters. The van der Waals surface area contributed by atoms with Crippen LogP contribution in [0, 0.1) is 6.92 Å². The largest absolute Gasteiger partial charge is 0.457 e. The van der Waals surface area contributed by atoms with E-state index in [0.717, 1.165) is 17.6 Å². The number of aldehydes is 1. The summed E-state index contributed by atoms with van der Waals surface area (Å²) in [5.74, 6) is 1.41. The lowest BCUT2D eigenvalue weighted by Crippen LogP contribution is -2.11. The number of hydrogen-bond donors (Lipinski definition) is 0. The molecule has 0 aliphatic carbocycles. The van der Waals surface area contributed by atoms with Crippen LogP contribution in [-0.2, 0) is 5.41 Å². The monoisotopic (exact) mass is 302 g/mol. The molecule has 2 aromatic carbocycles. The second-order valence-electron chi connectivity index (χ2n) is 6.13. The maximum Gasteiger partial charge on any atom is 0.151 e. The minimum atomic E-state index is 0.109. The molecule has 0 fully saturated rings. The molecule has 0 spiro atoms. The van der Waals surface area contributed by atoms with Gasteiger partial charge in [0.1, 0.15) is 11.5 Å². The van der Waals surface area contributed by atoms with Gasteiger partial charge in [0, 0.05) is 11.6 Å². The molecular formula is C18H19ClO2. The summed E-state index contributed by atoms with van der Waals surface area (Å²) in [6, 6.07) is 11.2. The first kappa shape index (κ1) is 15.6. The van der Waals surface area contributed by atoms with Gasteiger partial charge in [-0.25, -0.2) is 0 Å². The predicted octanol–water partition coefficient (Wildman–Crippen LogP) is 5.55. The van der Waals surface area contributed by atoms with Crippen molar-refractivity contribution < 1.29 is 9.53 Å². The standard InChI is InChI=1S/C18H19ClO2/c1-12-9-14(18(2,3)4)6-8-17(12)21-15-7-5-13(11-20)16(19)10-15/h5-11H,1-4H3. The zero-order valence-electron chi connectivity index (χ0n) is 12.7. The molecule has 2 aromatic rings. The van der Waals surface area contributed by atoms with Gasteiger partial charge in [-0.3, -0.25) is 4.79 Å². The van der Waals surface area contributed by atoms with Crippen molar-refractivity contribution in [3.63, 3.8) is 0 Å². The molecule has 0 saturated heterocycles. The van der Waals surface area contributed by atoms with Crippen LogP contribution in [0.1, 0.15) is 42.3 Å². The Labute approximate surface area is 130 Å². The molecule has 110 valence electrons. The van der Waals surface area contributed by atoms with Crippen LogP contribution in [0.5, 0.6) is 11.5 Å². The summed E-state index contributed by atoms with van der Waals surface area (Å²) in [6.45, 7) is 8.56. The van der Waals surface area contributed by atoms with Crippen LogP contribution in [0.25, 0.3) is 0 Å². The summed E-state index contributed by atoms with van der Waals surface area (Å²) in [5.41, 5.74) is 2.90. The van der Waals surface area contributed by atoms with Gasteiger partial charge in [0.25, 0.3) is 0 Å². The smallest absolute Gasteiger partial charge is 0.151 e. The zero-order chi connectivity index (χ0) is 15.6. The fraction of sp³-hybridized carbons (Fsp3) is 0.278. The Hall–Kier alpha value is -1.80. The van der Waals surface area contributed by atoms with Gasteiger partial charge in [-0.05, 0) is 41.7 Å². The Morgan fingerprint density at radius 2 is 1.81 bits per heavy atom. The molecule has 0 N–H and O–H groups in total. The molecule has 3 heteroatoms. The molecule has 0 bridgehead atoms. The van der Waals surface area contributed by atoms with Gasteiger partial charge in [0.15, 0.2) is 6.29 Å². The Bertz CT molecular complexity index is 669. The van der Waals surface area contributed by atoms with E-state index >= 15 is 0 Å². The van der Waals surface area contributed by atoms with E-state index in [4.69, 9.17) is 16.3 Å². The Morgan fingerprint density at radius 1 is 1.10 bits per heavy atom. The molecule has 21 heavy (non-hydrogen) atoms. The van der Waals surface area contributed by atoms with Crippen molar-refractivity contribution >= 4 is 17.9 Å². The lowest BCUT2D eigenvalue weighted by molar-refractivity contribution is 0.112. The van der Waals surface area contributed by atoms with Crippen LogP contribution in [0.15, 0.2) is 36.4 Å². The summed E-state index contributed by atoms with van der Waals surface area (Å²) >= 11 is 6.01. The van der Waals surface area contributed by atoms with Gasteiger partial charge in [0.05, 0.1) is 5.02 Å². The van der Waals surface area contributed by atoms with Crippen LogP contribution in [0.4, 0.5) is 0 Å². The molecule has 0 aromatic heterocycles. The van der Waals surface area contributed by atoms with Crippen molar-refractivity contribution in [3.05, 3.63) is 58.1 Å². The van der Waals surface area contributed by atoms with Crippen molar-refractivity contribution in [2.45, 2.75) is 33.1 Å². The van der Waals surface area contributed by atoms with Crippen LogP contribution in [0.3, 0.4) is 0 Å². The lowest BCUT2D eigenvalue weighted by atomic mass is 9.86. The lowest BCUT2D eigenvalue weighted by Gasteiger charge is -2.20. The van der Waals surface area contributed by atoms with Crippen molar-refractivity contribution in [2.75, 3.05) is 0 Å². The van der Waals surface area contributed by atoms with E-state index in [9.17, 15) is 4.79 Å².